The van der Waals surface area contributed by atoms with Gasteiger partial charge in [0.15, 0.2) is 0 Å². The molecule has 0 bridgehead atoms. The van der Waals surface area contributed by atoms with E-state index in [4.69, 9.17) is 9.47 Å². The highest BCUT2D eigenvalue weighted by molar-refractivity contribution is 7.92. The molecule has 8 nitrogen and oxygen atoms in total. The summed E-state index contributed by atoms with van der Waals surface area (Å²) < 4.78 is 39.8. The number of likely N-dealkylation sites (tertiary alicyclic amines) is 1. The number of amides is 1. The summed E-state index contributed by atoms with van der Waals surface area (Å²) in [6, 6.07) is 21.6. The Labute approximate surface area is 230 Å². The molecule has 0 radical (unpaired) electrons. The van der Waals surface area contributed by atoms with Crippen molar-refractivity contribution in [2.45, 2.75) is 37.5 Å². The Morgan fingerprint density at radius 3 is 2.26 bits per heavy atom. The number of anilines is 1. The zero-order valence-electron chi connectivity index (χ0n) is 22.3. The molecule has 0 saturated carbocycles. The van der Waals surface area contributed by atoms with Crippen molar-refractivity contribution >= 4 is 27.6 Å². The Kier molecular flexibility index (Phi) is 9.24. The molecule has 0 unspecified atom stereocenters. The largest absolute Gasteiger partial charge is 0.495 e. The van der Waals surface area contributed by atoms with Crippen LogP contribution in [0.3, 0.4) is 0 Å². The van der Waals surface area contributed by atoms with Gasteiger partial charge in [0, 0.05) is 25.2 Å². The van der Waals surface area contributed by atoms with Crippen LogP contribution >= 0.6 is 0 Å². The topological polar surface area (TPSA) is 102 Å². The number of methoxy groups -OCH3 is 1. The molecule has 4 rings (SSSR count). The molecule has 1 aliphatic heterocycles. The van der Waals surface area contributed by atoms with Gasteiger partial charge in [0.05, 0.1) is 26.1 Å². The van der Waals surface area contributed by atoms with E-state index in [1.807, 2.05) is 36.4 Å². The summed E-state index contributed by atoms with van der Waals surface area (Å²) in [5, 5.41) is 0. The van der Waals surface area contributed by atoms with Crippen LogP contribution in [0.2, 0.25) is 0 Å². The second-order valence-corrected chi connectivity index (χ2v) is 11.1. The first-order valence-electron chi connectivity index (χ1n) is 13.1. The van der Waals surface area contributed by atoms with Crippen LogP contribution in [0.25, 0.3) is 0 Å². The summed E-state index contributed by atoms with van der Waals surface area (Å²) >= 11 is 0. The quantitative estimate of drug-likeness (QED) is 0.375. The van der Waals surface area contributed by atoms with Gasteiger partial charge in [-0.1, -0.05) is 54.6 Å². The van der Waals surface area contributed by atoms with Crippen LogP contribution in [-0.2, 0) is 37.2 Å². The van der Waals surface area contributed by atoms with Crippen molar-refractivity contribution in [3.8, 4) is 5.75 Å². The molecule has 1 saturated heterocycles. The number of nitrogens with one attached hydrogen (secondary N) is 1. The van der Waals surface area contributed by atoms with Crippen molar-refractivity contribution in [1.29, 1.82) is 0 Å². The van der Waals surface area contributed by atoms with Gasteiger partial charge < -0.3 is 14.4 Å². The first kappa shape index (κ1) is 28.2. The first-order chi connectivity index (χ1) is 18.8. The molecule has 1 fully saturated rings. The summed E-state index contributed by atoms with van der Waals surface area (Å²) in [6.07, 6.45) is 1.94. The van der Waals surface area contributed by atoms with Crippen LogP contribution in [0.15, 0.2) is 77.7 Å². The molecule has 1 heterocycles. The third-order valence-electron chi connectivity index (χ3n) is 6.82. The van der Waals surface area contributed by atoms with Gasteiger partial charge in [0.2, 0.25) is 5.91 Å². The molecule has 0 spiro atoms. The highest BCUT2D eigenvalue weighted by Gasteiger charge is 2.28. The number of ether oxygens (including phenoxy) is 2. The van der Waals surface area contributed by atoms with Crippen molar-refractivity contribution in [1.82, 2.24) is 4.90 Å². The number of benzene rings is 3. The van der Waals surface area contributed by atoms with Crippen molar-refractivity contribution in [2.24, 2.45) is 5.92 Å². The standard InChI is InChI=1S/C30H34N2O6S/c1-3-38-30(34)24-16-18-32(19-17-24)28(33)21-23-12-14-26(15-13-23)31-39(35,36)27-11-7-10-25(29(27)37-2)20-22-8-5-4-6-9-22/h4-15,24,31H,3,16-21H2,1-2H3. The number of hydrogen-bond acceptors (Lipinski definition) is 6. The minimum Gasteiger partial charge on any atom is -0.495 e. The maximum atomic E-state index is 13.3. The van der Waals surface area contributed by atoms with Crippen LogP contribution < -0.4 is 9.46 Å². The van der Waals surface area contributed by atoms with E-state index in [9.17, 15) is 18.0 Å². The Morgan fingerprint density at radius 2 is 1.62 bits per heavy atom. The molecule has 3 aromatic rings. The molecule has 9 heteroatoms. The molecule has 206 valence electrons. The smallest absolute Gasteiger partial charge is 0.309 e. The maximum Gasteiger partial charge on any atom is 0.309 e. The molecule has 39 heavy (non-hydrogen) atoms. The van der Waals surface area contributed by atoms with Gasteiger partial charge >= 0.3 is 5.97 Å². The average Bonchev–Trinajstić information content (AvgIpc) is 2.94. The van der Waals surface area contributed by atoms with Gasteiger partial charge in [0.25, 0.3) is 10.0 Å². The molecule has 3 aromatic carbocycles. The summed E-state index contributed by atoms with van der Waals surface area (Å²) in [5.74, 6) is -0.0597. The monoisotopic (exact) mass is 550 g/mol. The van der Waals surface area contributed by atoms with Crippen LogP contribution in [0, 0.1) is 5.92 Å². The van der Waals surface area contributed by atoms with Gasteiger partial charge in [-0.15, -0.1) is 0 Å². The molecular formula is C30H34N2O6S. The average molecular weight is 551 g/mol. The van der Waals surface area contributed by atoms with Crippen LogP contribution in [-0.4, -0.2) is 52.0 Å². The summed E-state index contributed by atoms with van der Waals surface area (Å²) in [5.41, 5.74) is 2.98. The third kappa shape index (κ3) is 7.17. The van der Waals surface area contributed by atoms with Crippen LogP contribution in [0.4, 0.5) is 5.69 Å². The molecule has 0 atom stereocenters. The zero-order chi connectivity index (χ0) is 27.8. The van der Waals surface area contributed by atoms with E-state index in [1.54, 1.807) is 42.2 Å². The molecule has 1 N–H and O–H groups in total. The predicted molar refractivity (Wildman–Crippen MR) is 149 cm³/mol. The lowest BCUT2D eigenvalue weighted by Crippen LogP contribution is -2.41. The summed E-state index contributed by atoms with van der Waals surface area (Å²) in [4.78, 5) is 26.5. The summed E-state index contributed by atoms with van der Waals surface area (Å²) in [7, 11) is -2.46. The third-order valence-corrected chi connectivity index (χ3v) is 8.23. The van der Waals surface area contributed by atoms with E-state index in [0.717, 1.165) is 16.7 Å². The van der Waals surface area contributed by atoms with Crippen molar-refractivity contribution in [3.63, 3.8) is 0 Å². The number of hydrogen-bond donors (Lipinski definition) is 1. The SMILES string of the molecule is CCOC(=O)C1CCN(C(=O)Cc2ccc(NS(=O)(=O)c3cccc(Cc4ccccc4)c3OC)cc2)CC1. The fourth-order valence-corrected chi connectivity index (χ4v) is 6.04. The Morgan fingerprint density at radius 1 is 0.923 bits per heavy atom. The molecule has 0 aliphatic carbocycles. The second-order valence-electron chi connectivity index (χ2n) is 9.50. The lowest BCUT2D eigenvalue weighted by atomic mass is 9.96. The van der Waals surface area contributed by atoms with E-state index in [0.29, 0.717) is 50.4 Å². The van der Waals surface area contributed by atoms with Gasteiger partial charge in [0.1, 0.15) is 10.6 Å². The van der Waals surface area contributed by atoms with E-state index in [2.05, 4.69) is 4.72 Å². The summed E-state index contributed by atoms with van der Waals surface area (Å²) in [6.45, 7) is 3.18. The van der Waals surface area contributed by atoms with E-state index < -0.39 is 10.0 Å². The fraction of sp³-hybridized carbons (Fsp3) is 0.333. The normalized spacial score (nSPS) is 14.1. The molecule has 1 amide bonds. The number of carbonyl (C=O) groups excluding carboxylic acids is 2. The first-order valence-corrected chi connectivity index (χ1v) is 14.5. The zero-order valence-corrected chi connectivity index (χ0v) is 23.1. The Bertz CT molecular complexity index is 1380. The van der Waals surface area contributed by atoms with E-state index >= 15 is 0 Å². The lowest BCUT2D eigenvalue weighted by Gasteiger charge is -2.31. The van der Waals surface area contributed by atoms with Crippen molar-refractivity contribution < 1.29 is 27.5 Å². The predicted octanol–water partition coefficient (Wildman–Crippen LogP) is 4.43. The minimum absolute atomic E-state index is 0.0226. The second kappa shape index (κ2) is 12.8. The number of piperidine rings is 1. The van der Waals surface area contributed by atoms with Gasteiger partial charge in [-0.2, -0.15) is 0 Å². The van der Waals surface area contributed by atoms with Gasteiger partial charge in [-0.25, -0.2) is 8.42 Å². The molecule has 0 aromatic heterocycles. The van der Waals surface area contributed by atoms with Crippen LogP contribution in [0.5, 0.6) is 5.75 Å². The lowest BCUT2D eigenvalue weighted by molar-refractivity contribution is -0.151. The number of esters is 1. The number of sulfonamides is 1. The van der Waals surface area contributed by atoms with Gasteiger partial charge in [-0.05, 0) is 54.7 Å². The van der Waals surface area contributed by atoms with Gasteiger partial charge in [-0.3, -0.25) is 14.3 Å². The number of para-hydroxylation sites is 1. The Balaban J connectivity index is 1.39. The highest BCUT2D eigenvalue weighted by Crippen LogP contribution is 2.31. The minimum atomic E-state index is -3.93. The van der Waals surface area contributed by atoms with E-state index in [1.165, 1.54) is 13.2 Å². The molecular weight excluding hydrogens is 516 g/mol. The number of rotatable bonds is 10. The highest BCUT2D eigenvalue weighted by atomic mass is 32.2. The van der Waals surface area contributed by atoms with Crippen LogP contribution in [0.1, 0.15) is 36.5 Å². The Hall–Kier alpha value is -3.85. The maximum absolute atomic E-state index is 13.3. The van der Waals surface area contributed by atoms with E-state index in [-0.39, 0.29) is 29.1 Å². The molecule has 1 aliphatic rings. The fourth-order valence-electron chi connectivity index (χ4n) is 4.77. The van der Waals surface area contributed by atoms with Crippen molar-refractivity contribution in [2.75, 3.05) is 31.5 Å². The number of carbonyl (C=O) groups is 2. The number of nitrogens with zero attached hydrogens (tertiary/aromatic N) is 1. The van der Waals surface area contributed by atoms with Crippen molar-refractivity contribution in [3.05, 3.63) is 89.5 Å².